The molecule has 7 heteroatoms. The Balaban J connectivity index is 2.15. The summed E-state index contributed by atoms with van der Waals surface area (Å²) in [5, 5.41) is 3.39. The highest BCUT2D eigenvalue weighted by atomic mass is 35.5. The Morgan fingerprint density at radius 2 is 1.73 bits per heavy atom. The largest absolute Gasteiger partial charge is 0.381 e. The molecule has 0 fully saturated rings. The SMILES string of the molecule is CS(=O)Cc1cc(NCc2cc(F)c(F)cc2F)ccc1Cl. The molecule has 0 aliphatic heterocycles. The zero-order chi connectivity index (χ0) is 16.3. The van der Waals surface area contributed by atoms with Gasteiger partial charge in [-0.1, -0.05) is 11.6 Å². The first-order chi connectivity index (χ1) is 10.4. The minimum Gasteiger partial charge on any atom is -0.381 e. The fraction of sp³-hybridized carbons (Fsp3) is 0.200. The van der Waals surface area contributed by atoms with E-state index >= 15 is 0 Å². The molecular formula is C15H13ClF3NOS. The average Bonchev–Trinajstić information content (AvgIpc) is 2.44. The van der Waals surface area contributed by atoms with Crippen LogP contribution in [-0.2, 0) is 23.1 Å². The third kappa shape index (κ3) is 4.24. The summed E-state index contributed by atoms with van der Waals surface area (Å²) in [6.45, 7) is -0.0146. The third-order valence-corrected chi connectivity index (χ3v) is 4.06. The summed E-state index contributed by atoms with van der Waals surface area (Å²) < 4.78 is 50.8. The van der Waals surface area contributed by atoms with Gasteiger partial charge in [-0.15, -0.1) is 0 Å². The molecule has 1 N–H and O–H groups in total. The maximum Gasteiger partial charge on any atom is 0.161 e. The van der Waals surface area contributed by atoms with Crippen LogP contribution in [0.4, 0.5) is 18.9 Å². The molecule has 0 heterocycles. The number of hydrogen-bond acceptors (Lipinski definition) is 2. The fourth-order valence-electron chi connectivity index (χ4n) is 1.91. The van der Waals surface area contributed by atoms with Crippen LogP contribution in [0.5, 0.6) is 0 Å². The van der Waals surface area contributed by atoms with Crippen LogP contribution in [0.25, 0.3) is 0 Å². The van der Waals surface area contributed by atoms with Gasteiger partial charge in [0.25, 0.3) is 0 Å². The molecule has 1 unspecified atom stereocenters. The standard InChI is InChI=1S/C15H13ClF3NOS/c1-22(21)8-10-4-11(2-3-12(10)16)20-7-9-5-14(18)15(19)6-13(9)17/h2-6,20H,7-8H2,1H3. The minimum absolute atomic E-state index is 0.00877. The molecule has 0 saturated heterocycles. The van der Waals surface area contributed by atoms with Crippen LogP contribution < -0.4 is 5.32 Å². The number of halogens is 4. The average molecular weight is 348 g/mol. The van der Waals surface area contributed by atoms with Gasteiger partial charge in [-0.2, -0.15) is 0 Å². The van der Waals surface area contributed by atoms with E-state index in [1.165, 1.54) is 0 Å². The van der Waals surface area contributed by atoms with Crippen molar-refractivity contribution in [1.82, 2.24) is 0 Å². The van der Waals surface area contributed by atoms with Gasteiger partial charge in [-0.3, -0.25) is 4.21 Å². The summed E-state index contributed by atoms with van der Waals surface area (Å²) in [7, 11) is -1.05. The summed E-state index contributed by atoms with van der Waals surface area (Å²) >= 11 is 6.01. The number of hydrogen-bond donors (Lipinski definition) is 1. The molecule has 0 saturated carbocycles. The Hall–Kier alpha value is -1.53. The highest BCUT2D eigenvalue weighted by Gasteiger charge is 2.10. The van der Waals surface area contributed by atoms with Gasteiger partial charge in [0.2, 0.25) is 0 Å². The topological polar surface area (TPSA) is 29.1 Å². The highest BCUT2D eigenvalue weighted by Crippen LogP contribution is 2.23. The molecular weight excluding hydrogens is 335 g/mol. The number of nitrogens with one attached hydrogen (secondary N) is 1. The lowest BCUT2D eigenvalue weighted by Gasteiger charge is -2.10. The fourth-order valence-corrected chi connectivity index (χ4v) is 2.85. The molecule has 2 nitrogen and oxygen atoms in total. The van der Waals surface area contributed by atoms with Crippen molar-refractivity contribution in [1.29, 1.82) is 0 Å². The van der Waals surface area contributed by atoms with E-state index in [9.17, 15) is 17.4 Å². The van der Waals surface area contributed by atoms with E-state index in [-0.39, 0.29) is 12.1 Å². The third-order valence-electron chi connectivity index (χ3n) is 2.98. The summed E-state index contributed by atoms with van der Waals surface area (Å²) in [6, 6.07) is 6.33. The van der Waals surface area contributed by atoms with Crippen LogP contribution in [-0.4, -0.2) is 10.5 Å². The molecule has 0 bridgehead atoms. The molecule has 0 aromatic heterocycles. The van der Waals surface area contributed by atoms with Gasteiger partial charge < -0.3 is 5.32 Å². The molecule has 0 radical (unpaired) electrons. The number of benzene rings is 2. The highest BCUT2D eigenvalue weighted by molar-refractivity contribution is 7.83. The molecule has 0 aliphatic carbocycles. The van der Waals surface area contributed by atoms with Crippen molar-refractivity contribution in [2.75, 3.05) is 11.6 Å². The van der Waals surface area contributed by atoms with Gasteiger partial charge >= 0.3 is 0 Å². The maximum atomic E-state index is 13.5. The number of rotatable bonds is 5. The Labute approximate surface area is 133 Å². The molecule has 2 rings (SSSR count). The quantitative estimate of drug-likeness (QED) is 0.819. The predicted octanol–water partition coefficient (Wildman–Crippen LogP) is 4.25. The van der Waals surface area contributed by atoms with Gasteiger partial charge in [-0.25, -0.2) is 13.2 Å². The molecule has 2 aromatic rings. The van der Waals surface area contributed by atoms with Crippen LogP contribution in [0.1, 0.15) is 11.1 Å². The van der Waals surface area contributed by atoms with Crippen molar-refractivity contribution in [2.24, 2.45) is 0 Å². The van der Waals surface area contributed by atoms with Gasteiger partial charge in [0.1, 0.15) is 5.82 Å². The van der Waals surface area contributed by atoms with E-state index < -0.39 is 28.3 Å². The first kappa shape index (κ1) is 16.8. The molecule has 0 aliphatic rings. The lowest BCUT2D eigenvalue weighted by molar-refractivity contribution is 0.490. The first-order valence-corrected chi connectivity index (χ1v) is 8.43. The predicted molar refractivity (Wildman–Crippen MR) is 82.9 cm³/mol. The van der Waals surface area contributed by atoms with Crippen LogP contribution in [0.15, 0.2) is 30.3 Å². The molecule has 1 atom stereocenters. The summed E-state index contributed by atoms with van der Waals surface area (Å²) in [5.41, 5.74) is 1.32. The number of anilines is 1. The maximum absolute atomic E-state index is 13.5. The Morgan fingerprint density at radius 1 is 1.05 bits per heavy atom. The normalized spacial score (nSPS) is 12.2. The molecule has 118 valence electrons. The zero-order valence-electron chi connectivity index (χ0n) is 11.6. The molecule has 22 heavy (non-hydrogen) atoms. The van der Waals surface area contributed by atoms with Crippen LogP contribution in [0.2, 0.25) is 5.02 Å². The smallest absolute Gasteiger partial charge is 0.161 e. The minimum atomic E-state index is -1.22. The Bertz CT molecular complexity index is 724. The van der Waals surface area contributed by atoms with Crippen LogP contribution >= 0.6 is 11.6 Å². The van der Waals surface area contributed by atoms with Crippen molar-refractivity contribution in [3.05, 3.63) is 63.9 Å². The van der Waals surface area contributed by atoms with E-state index in [0.717, 1.165) is 6.07 Å². The summed E-state index contributed by atoms with van der Waals surface area (Å²) in [5.74, 6) is -2.85. The van der Waals surface area contributed by atoms with Gasteiger partial charge in [0.15, 0.2) is 11.6 Å². The molecule has 2 aromatic carbocycles. The van der Waals surface area contributed by atoms with Crippen molar-refractivity contribution in [2.45, 2.75) is 12.3 Å². The van der Waals surface area contributed by atoms with Crippen LogP contribution in [0, 0.1) is 17.5 Å². The van der Waals surface area contributed by atoms with Crippen LogP contribution in [0.3, 0.4) is 0 Å². The van der Waals surface area contributed by atoms with Crippen molar-refractivity contribution >= 4 is 28.1 Å². The van der Waals surface area contributed by atoms with E-state index in [1.54, 1.807) is 24.5 Å². The van der Waals surface area contributed by atoms with E-state index in [0.29, 0.717) is 28.1 Å². The summed E-state index contributed by atoms with van der Waals surface area (Å²) in [4.78, 5) is 0. The van der Waals surface area contributed by atoms with Gasteiger partial charge in [-0.05, 0) is 29.8 Å². The van der Waals surface area contributed by atoms with E-state index in [4.69, 9.17) is 11.6 Å². The zero-order valence-corrected chi connectivity index (χ0v) is 13.2. The Morgan fingerprint density at radius 3 is 2.41 bits per heavy atom. The lowest BCUT2D eigenvalue weighted by atomic mass is 10.1. The lowest BCUT2D eigenvalue weighted by Crippen LogP contribution is -2.04. The summed E-state index contributed by atoms with van der Waals surface area (Å²) in [6.07, 6.45) is 1.56. The second kappa shape index (κ2) is 7.15. The van der Waals surface area contributed by atoms with Crippen molar-refractivity contribution in [3.8, 4) is 0 Å². The molecule has 0 amide bonds. The monoisotopic (exact) mass is 347 g/mol. The van der Waals surface area contributed by atoms with Crippen molar-refractivity contribution in [3.63, 3.8) is 0 Å². The van der Waals surface area contributed by atoms with E-state index in [2.05, 4.69) is 5.32 Å². The van der Waals surface area contributed by atoms with Gasteiger partial charge in [0.05, 0.1) is 0 Å². The first-order valence-electron chi connectivity index (χ1n) is 6.32. The van der Waals surface area contributed by atoms with Gasteiger partial charge in [0, 0.05) is 51.7 Å². The van der Waals surface area contributed by atoms with Crippen molar-refractivity contribution < 1.29 is 17.4 Å². The second-order valence-corrected chi connectivity index (χ2v) is 6.58. The molecule has 0 spiro atoms. The van der Waals surface area contributed by atoms with E-state index in [1.807, 2.05) is 0 Å². The Kier molecular flexibility index (Phi) is 5.47. The second-order valence-electron chi connectivity index (χ2n) is 4.73.